The van der Waals surface area contributed by atoms with E-state index in [9.17, 15) is 5.11 Å². The molecule has 0 atom stereocenters. The van der Waals surface area contributed by atoms with Crippen molar-refractivity contribution in [1.29, 1.82) is 0 Å². The summed E-state index contributed by atoms with van der Waals surface area (Å²) in [7, 11) is 0. The number of nitrogens with zero attached hydrogens (tertiary/aromatic N) is 2. The lowest BCUT2D eigenvalue weighted by Gasteiger charge is -2.15. The van der Waals surface area contributed by atoms with Crippen LogP contribution in [0.4, 0.5) is 0 Å². The third-order valence-corrected chi connectivity index (χ3v) is 2.92. The lowest BCUT2D eigenvalue weighted by Crippen LogP contribution is -2.10. The van der Waals surface area contributed by atoms with E-state index >= 15 is 0 Å². The Kier molecular flexibility index (Phi) is 3.69. The second kappa shape index (κ2) is 4.60. The quantitative estimate of drug-likeness (QED) is 0.802. The predicted octanol–water partition coefficient (Wildman–Crippen LogP) is 2.35. The molecule has 0 aliphatic rings. The largest absolute Gasteiger partial charge is 0.392 e. The van der Waals surface area contributed by atoms with Gasteiger partial charge in [-0.15, -0.1) is 0 Å². The van der Waals surface area contributed by atoms with E-state index in [0.29, 0.717) is 6.04 Å². The van der Waals surface area contributed by atoms with Crippen molar-refractivity contribution in [3.63, 3.8) is 0 Å². The minimum atomic E-state index is 0.0951. The predicted molar refractivity (Wildman–Crippen MR) is 57.2 cm³/mol. The normalized spacial score (nSPS) is 11.3. The van der Waals surface area contributed by atoms with E-state index in [-0.39, 0.29) is 6.61 Å². The summed E-state index contributed by atoms with van der Waals surface area (Å²) >= 11 is 0. The van der Waals surface area contributed by atoms with Crippen LogP contribution in [0.3, 0.4) is 0 Å². The molecule has 0 spiro atoms. The van der Waals surface area contributed by atoms with E-state index in [1.165, 1.54) is 0 Å². The number of aromatic nitrogens is 2. The molecule has 1 aromatic heterocycles. The van der Waals surface area contributed by atoms with Gasteiger partial charge in [0.25, 0.3) is 0 Å². The van der Waals surface area contributed by atoms with Gasteiger partial charge in [-0.25, -0.2) is 0 Å². The van der Waals surface area contributed by atoms with Crippen molar-refractivity contribution in [2.24, 2.45) is 0 Å². The Balaban J connectivity index is 3.09. The second-order valence-corrected chi connectivity index (χ2v) is 3.72. The molecular weight excluding hydrogens is 176 g/mol. The molecule has 0 radical (unpaired) electrons. The van der Waals surface area contributed by atoms with Gasteiger partial charge in [0.1, 0.15) is 0 Å². The van der Waals surface area contributed by atoms with Crippen molar-refractivity contribution in [3.8, 4) is 0 Å². The molecule has 3 nitrogen and oxygen atoms in total. The molecule has 0 amide bonds. The average molecular weight is 196 g/mol. The van der Waals surface area contributed by atoms with Crippen LogP contribution in [0.15, 0.2) is 0 Å². The van der Waals surface area contributed by atoms with Crippen molar-refractivity contribution < 1.29 is 5.11 Å². The van der Waals surface area contributed by atoms with Gasteiger partial charge in [0, 0.05) is 11.3 Å². The van der Waals surface area contributed by atoms with Crippen LogP contribution in [0.25, 0.3) is 0 Å². The van der Waals surface area contributed by atoms with Crippen LogP contribution in [-0.4, -0.2) is 14.9 Å². The van der Waals surface area contributed by atoms with E-state index < -0.39 is 0 Å². The zero-order valence-corrected chi connectivity index (χ0v) is 9.54. The van der Waals surface area contributed by atoms with Crippen LogP contribution in [-0.2, 0) is 6.61 Å². The Morgan fingerprint density at radius 3 is 2.21 bits per heavy atom. The van der Waals surface area contributed by atoms with Gasteiger partial charge >= 0.3 is 0 Å². The highest BCUT2D eigenvalue weighted by molar-refractivity contribution is 5.23. The summed E-state index contributed by atoms with van der Waals surface area (Å²) in [4.78, 5) is 0. The fourth-order valence-corrected chi connectivity index (χ4v) is 1.92. The Hall–Kier alpha value is -0.830. The Labute approximate surface area is 85.8 Å². The number of hydrogen-bond acceptors (Lipinski definition) is 2. The third-order valence-electron chi connectivity index (χ3n) is 2.92. The SMILES string of the molecule is CCC(CC)n1nc(C)c(CO)c1C. The fourth-order valence-electron chi connectivity index (χ4n) is 1.92. The maximum atomic E-state index is 9.19. The molecule has 0 saturated heterocycles. The summed E-state index contributed by atoms with van der Waals surface area (Å²) in [6.07, 6.45) is 2.17. The van der Waals surface area contributed by atoms with Crippen LogP contribution in [0.1, 0.15) is 49.7 Å². The summed E-state index contributed by atoms with van der Waals surface area (Å²) in [6, 6.07) is 0.467. The Morgan fingerprint density at radius 1 is 1.29 bits per heavy atom. The molecule has 0 saturated carbocycles. The first kappa shape index (κ1) is 11.2. The van der Waals surface area contributed by atoms with Crippen LogP contribution in [0.5, 0.6) is 0 Å². The number of aliphatic hydroxyl groups excluding tert-OH is 1. The molecule has 1 N–H and O–H groups in total. The van der Waals surface area contributed by atoms with E-state index in [2.05, 4.69) is 23.6 Å². The number of rotatable bonds is 4. The monoisotopic (exact) mass is 196 g/mol. The zero-order chi connectivity index (χ0) is 10.7. The molecule has 1 aromatic rings. The molecule has 1 heterocycles. The Morgan fingerprint density at radius 2 is 1.86 bits per heavy atom. The van der Waals surface area contributed by atoms with Crippen LogP contribution in [0.2, 0.25) is 0 Å². The van der Waals surface area contributed by atoms with Crippen LogP contribution >= 0.6 is 0 Å². The molecule has 14 heavy (non-hydrogen) atoms. The molecule has 0 aliphatic heterocycles. The molecule has 3 heteroatoms. The lowest BCUT2D eigenvalue weighted by atomic mass is 10.1. The van der Waals surface area contributed by atoms with Crippen molar-refractivity contribution in [3.05, 3.63) is 17.0 Å². The maximum Gasteiger partial charge on any atom is 0.0718 e. The molecule has 0 aliphatic carbocycles. The van der Waals surface area contributed by atoms with E-state index in [1.807, 2.05) is 13.8 Å². The molecule has 0 unspecified atom stereocenters. The van der Waals surface area contributed by atoms with Gasteiger partial charge in [-0.3, -0.25) is 4.68 Å². The minimum absolute atomic E-state index is 0.0951. The van der Waals surface area contributed by atoms with Crippen LogP contribution < -0.4 is 0 Å². The van der Waals surface area contributed by atoms with E-state index in [4.69, 9.17) is 0 Å². The smallest absolute Gasteiger partial charge is 0.0718 e. The highest BCUT2D eigenvalue weighted by Gasteiger charge is 2.15. The minimum Gasteiger partial charge on any atom is -0.392 e. The molecule has 0 fully saturated rings. The van der Waals surface area contributed by atoms with Gasteiger partial charge in [0.05, 0.1) is 18.3 Å². The van der Waals surface area contributed by atoms with Crippen LogP contribution in [0, 0.1) is 13.8 Å². The first-order chi connectivity index (χ1) is 6.65. The summed E-state index contributed by atoms with van der Waals surface area (Å²) in [5, 5.41) is 13.7. The standard InChI is InChI=1S/C11H20N2O/c1-5-10(6-2)13-9(4)11(7-14)8(3)12-13/h10,14H,5-7H2,1-4H3. The van der Waals surface area contributed by atoms with Gasteiger partial charge in [0.2, 0.25) is 0 Å². The summed E-state index contributed by atoms with van der Waals surface area (Å²) in [5.41, 5.74) is 3.05. The topological polar surface area (TPSA) is 38.0 Å². The van der Waals surface area contributed by atoms with E-state index in [0.717, 1.165) is 29.8 Å². The summed E-state index contributed by atoms with van der Waals surface area (Å²) in [5.74, 6) is 0. The average Bonchev–Trinajstić information content (AvgIpc) is 2.45. The molecule has 0 bridgehead atoms. The first-order valence-electron chi connectivity index (χ1n) is 5.31. The van der Waals surface area contributed by atoms with E-state index in [1.54, 1.807) is 0 Å². The third kappa shape index (κ3) is 1.82. The lowest BCUT2D eigenvalue weighted by molar-refractivity contribution is 0.279. The molecular formula is C11H20N2O. The molecule has 0 aromatic carbocycles. The highest BCUT2D eigenvalue weighted by Crippen LogP contribution is 2.21. The summed E-state index contributed by atoms with van der Waals surface area (Å²) in [6.45, 7) is 8.42. The van der Waals surface area contributed by atoms with Gasteiger partial charge in [-0.2, -0.15) is 5.10 Å². The number of aryl methyl sites for hydroxylation is 1. The van der Waals surface area contributed by atoms with Crippen molar-refractivity contribution in [2.45, 2.75) is 53.2 Å². The zero-order valence-electron chi connectivity index (χ0n) is 9.54. The first-order valence-corrected chi connectivity index (χ1v) is 5.31. The van der Waals surface area contributed by atoms with Gasteiger partial charge in [-0.1, -0.05) is 13.8 Å². The molecule has 1 rings (SSSR count). The van der Waals surface area contributed by atoms with Gasteiger partial charge < -0.3 is 5.11 Å². The van der Waals surface area contributed by atoms with Gasteiger partial charge in [0.15, 0.2) is 0 Å². The Bertz CT molecular complexity index is 300. The van der Waals surface area contributed by atoms with Crippen molar-refractivity contribution >= 4 is 0 Å². The number of hydrogen-bond donors (Lipinski definition) is 1. The maximum absolute atomic E-state index is 9.19. The van der Waals surface area contributed by atoms with Crippen molar-refractivity contribution in [2.75, 3.05) is 0 Å². The van der Waals surface area contributed by atoms with Crippen molar-refractivity contribution in [1.82, 2.24) is 9.78 Å². The summed E-state index contributed by atoms with van der Waals surface area (Å²) < 4.78 is 2.06. The highest BCUT2D eigenvalue weighted by atomic mass is 16.3. The number of aliphatic hydroxyl groups is 1. The fraction of sp³-hybridized carbons (Fsp3) is 0.727. The second-order valence-electron chi connectivity index (χ2n) is 3.72. The van der Waals surface area contributed by atoms with Gasteiger partial charge in [-0.05, 0) is 26.7 Å². The molecule has 80 valence electrons.